The van der Waals surface area contributed by atoms with Crippen molar-refractivity contribution >= 4 is 17.5 Å². The Morgan fingerprint density at radius 2 is 1.97 bits per heavy atom. The third-order valence-corrected chi connectivity index (χ3v) is 5.08. The molecular weight excluding hydrogens is 408 g/mol. The summed E-state index contributed by atoms with van der Waals surface area (Å²) in [5.74, 6) is 0.470. The third kappa shape index (κ3) is 3.68. The number of carbonyl (C=O) groups is 1. The maximum Gasteiger partial charge on any atom is 0.337 e. The zero-order valence-electron chi connectivity index (χ0n) is 17.7. The SMILES string of the molecule is COc1ccc(Nc2c(-c3ccc(C#N)o3)c(C)nn2-c2ccccc2C)c(C(=O)O)c1. The van der Waals surface area contributed by atoms with E-state index in [0.29, 0.717) is 34.3 Å². The minimum absolute atomic E-state index is 0.0441. The van der Waals surface area contributed by atoms with E-state index in [1.165, 1.54) is 13.2 Å². The van der Waals surface area contributed by atoms with E-state index >= 15 is 0 Å². The van der Waals surface area contributed by atoms with Gasteiger partial charge in [-0.2, -0.15) is 10.4 Å². The number of furan rings is 1. The Bertz CT molecular complexity index is 1360. The van der Waals surface area contributed by atoms with E-state index in [-0.39, 0.29) is 11.3 Å². The fraction of sp³-hybridized carbons (Fsp3) is 0.125. The molecule has 0 bridgehead atoms. The van der Waals surface area contributed by atoms with Gasteiger partial charge in [0.1, 0.15) is 23.4 Å². The van der Waals surface area contributed by atoms with Crippen molar-refractivity contribution in [3.63, 3.8) is 0 Å². The molecule has 2 aromatic carbocycles. The van der Waals surface area contributed by atoms with Crippen molar-refractivity contribution in [1.82, 2.24) is 9.78 Å². The summed E-state index contributed by atoms with van der Waals surface area (Å²) in [7, 11) is 1.48. The van der Waals surface area contributed by atoms with Crippen LogP contribution in [0.4, 0.5) is 11.5 Å². The summed E-state index contributed by atoms with van der Waals surface area (Å²) in [5, 5.41) is 26.9. The molecule has 0 aliphatic heterocycles. The molecular formula is C24H20N4O4. The summed E-state index contributed by atoms with van der Waals surface area (Å²) >= 11 is 0. The number of rotatable bonds is 6. The van der Waals surface area contributed by atoms with E-state index in [0.717, 1.165) is 11.3 Å². The van der Waals surface area contributed by atoms with E-state index in [9.17, 15) is 15.2 Å². The molecule has 2 aromatic heterocycles. The molecule has 0 amide bonds. The molecule has 0 radical (unpaired) electrons. The highest BCUT2D eigenvalue weighted by Crippen LogP contribution is 2.38. The Labute approximate surface area is 184 Å². The van der Waals surface area contributed by atoms with E-state index in [2.05, 4.69) is 5.32 Å². The van der Waals surface area contributed by atoms with Crippen LogP contribution in [0.3, 0.4) is 0 Å². The van der Waals surface area contributed by atoms with Crippen LogP contribution in [0.25, 0.3) is 17.0 Å². The molecule has 0 aliphatic rings. The van der Waals surface area contributed by atoms with Crippen molar-refractivity contribution < 1.29 is 19.1 Å². The van der Waals surface area contributed by atoms with E-state index in [1.807, 2.05) is 44.2 Å². The average molecular weight is 428 g/mol. The molecule has 0 unspecified atom stereocenters. The Morgan fingerprint density at radius 3 is 2.62 bits per heavy atom. The number of ether oxygens (including phenoxy) is 1. The first-order valence-electron chi connectivity index (χ1n) is 9.77. The van der Waals surface area contributed by atoms with Gasteiger partial charge in [-0.05, 0) is 55.8 Å². The van der Waals surface area contributed by atoms with E-state index in [4.69, 9.17) is 14.3 Å². The monoisotopic (exact) mass is 428 g/mol. The van der Waals surface area contributed by atoms with Gasteiger partial charge in [-0.3, -0.25) is 0 Å². The van der Waals surface area contributed by atoms with Crippen molar-refractivity contribution in [3.8, 4) is 28.8 Å². The zero-order valence-corrected chi connectivity index (χ0v) is 17.7. The summed E-state index contributed by atoms with van der Waals surface area (Å²) in [4.78, 5) is 11.9. The molecule has 8 nitrogen and oxygen atoms in total. The highest BCUT2D eigenvalue weighted by molar-refractivity contribution is 5.96. The summed E-state index contributed by atoms with van der Waals surface area (Å²) < 4.78 is 12.6. The smallest absolute Gasteiger partial charge is 0.337 e. The van der Waals surface area contributed by atoms with Crippen LogP contribution in [0.15, 0.2) is 59.0 Å². The Kier molecular flexibility index (Phi) is 5.39. The quantitative estimate of drug-likeness (QED) is 0.441. The predicted molar refractivity (Wildman–Crippen MR) is 119 cm³/mol. The minimum Gasteiger partial charge on any atom is -0.497 e. The van der Waals surface area contributed by atoms with Crippen LogP contribution in [-0.2, 0) is 0 Å². The number of carboxylic acid groups (broad SMARTS) is 1. The fourth-order valence-corrected chi connectivity index (χ4v) is 3.51. The van der Waals surface area contributed by atoms with Crippen molar-refractivity contribution in [2.24, 2.45) is 0 Å². The van der Waals surface area contributed by atoms with Gasteiger partial charge in [0, 0.05) is 0 Å². The number of benzene rings is 2. The maximum absolute atomic E-state index is 11.9. The van der Waals surface area contributed by atoms with E-state index < -0.39 is 5.97 Å². The molecule has 32 heavy (non-hydrogen) atoms. The molecule has 0 aliphatic carbocycles. The predicted octanol–water partition coefficient (Wildman–Crippen LogP) is 5.07. The first-order chi connectivity index (χ1) is 15.4. The van der Waals surface area contributed by atoms with Gasteiger partial charge in [0.2, 0.25) is 5.76 Å². The first kappa shape index (κ1) is 20.8. The number of para-hydroxylation sites is 1. The van der Waals surface area contributed by atoms with Gasteiger partial charge in [-0.15, -0.1) is 0 Å². The first-order valence-corrected chi connectivity index (χ1v) is 9.77. The standard InChI is InChI=1S/C24H20N4O4/c1-14-6-4-5-7-20(14)28-23(22(15(2)27-28)21-11-9-17(13-25)32-21)26-19-10-8-16(31-3)12-18(19)24(29)30/h4-12,26H,1-3H3,(H,29,30). The second-order valence-electron chi connectivity index (χ2n) is 7.12. The Hall–Kier alpha value is -4.51. The number of nitriles is 1. The van der Waals surface area contributed by atoms with Crippen LogP contribution in [0.5, 0.6) is 5.75 Å². The lowest BCUT2D eigenvalue weighted by atomic mass is 10.1. The van der Waals surface area contributed by atoms with Gasteiger partial charge in [0.05, 0.1) is 35.3 Å². The lowest BCUT2D eigenvalue weighted by Crippen LogP contribution is -2.08. The molecule has 0 saturated carbocycles. The van der Waals surface area contributed by atoms with Gasteiger partial charge in [-0.25, -0.2) is 9.48 Å². The third-order valence-electron chi connectivity index (χ3n) is 5.08. The van der Waals surface area contributed by atoms with Crippen LogP contribution in [0.1, 0.15) is 27.4 Å². The van der Waals surface area contributed by atoms with Crippen molar-refractivity contribution in [3.05, 3.63) is 77.2 Å². The van der Waals surface area contributed by atoms with Crippen LogP contribution in [0, 0.1) is 25.2 Å². The zero-order chi connectivity index (χ0) is 22.8. The number of aromatic nitrogens is 2. The fourth-order valence-electron chi connectivity index (χ4n) is 3.51. The van der Waals surface area contributed by atoms with Gasteiger partial charge >= 0.3 is 5.97 Å². The number of anilines is 2. The van der Waals surface area contributed by atoms with Crippen LogP contribution >= 0.6 is 0 Å². The van der Waals surface area contributed by atoms with Crippen LogP contribution < -0.4 is 10.1 Å². The summed E-state index contributed by atoms with van der Waals surface area (Å²) in [6, 6.07) is 17.8. The number of methoxy groups -OCH3 is 1. The van der Waals surface area contributed by atoms with Crippen molar-refractivity contribution in [1.29, 1.82) is 5.26 Å². The van der Waals surface area contributed by atoms with E-state index in [1.54, 1.807) is 28.9 Å². The second-order valence-corrected chi connectivity index (χ2v) is 7.12. The molecule has 160 valence electrons. The minimum atomic E-state index is -1.10. The average Bonchev–Trinajstić information content (AvgIpc) is 3.38. The van der Waals surface area contributed by atoms with Gasteiger partial charge < -0.3 is 19.6 Å². The normalized spacial score (nSPS) is 10.6. The Morgan fingerprint density at radius 1 is 1.19 bits per heavy atom. The molecule has 0 fully saturated rings. The molecule has 0 spiro atoms. The number of nitrogens with zero attached hydrogens (tertiary/aromatic N) is 3. The number of aromatic carboxylic acids is 1. The molecule has 2 heterocycles. The van der Waals surface area contributed by atoms with Gasteiger partial charge in [0.25, 0.3) is 0 Å². The van der Waals surface area contributed by atoms with Crippen LogP contribution in [0.2, 0.25) is 0 Å². The Balaban J connectivity index is 1.95. The lowest BCUT2D eigenvalue weighted by Gasteiger charge is -2.15. The highest BCUT2D eigenvalue weighted by atomic mass is 16.5. The molecule has 0 saturated heterocycles. The largest absolute Gasteiger partial charge is 0.497 e. The number of hydrogen-bond acceptors (Lipinski definition) is 6. The number of carboxylic acids is 1. The maximum atomic E-state index is 11.9. The molecule has 0 atom stereocenters. The summed E-state index contributed by atoms with van der Waals surface area (Å²) in [6.07, 6.45) is 0. The molecule has 4 aromatic rings. The molecule has 8 heteroatoms. The second kappa shape index (κ2) is 8.32. The van der Waals surface area contributed by atoms with Crippen molar-refractivity contribution in [2.45, 2.75) is 13.8 Å². The van der Waals surface area contributed by atoms with Crippen molar-refractivity contribution in [2.75, 3.05) is 12.4 Å². The topological polar surface area (TPSA) is 113 Å². The lowest BCUT2D eigenvalue weighted by molar-refractivity contribution is 0.0697. The summed E-state index contributed by atoms with van der Waals surface area (Å²) in [6.45, 7) is 3.79. The van der Waals surface area contributed by atoms with Crippen LogP contribution in [-0.4, -0.2) is 28.0 Å². The molecule has 2 N–H and O–H groups in total. The number of aryl methyl sites for hydroxylation is 2. The highest BCUT2D eigenvalue weighted by Gasteiger charge is 2.23. The summed E-state index contributed by atoms with van der Waals surface area (Å²) in [5.41, 5.74) is 3.49. The number of hydrogen-bond donors (Lipinski definition) is 2. The molecule has 4 rings (SSSR count). The number of nitrogens with one attached hydrogen (secondary N) is 1. The van der Waals surface area contributed by atoms with Gasteiger partial charge in [-0.1, -0.05) is 18.2 Å². The van der Waals surface area contributed by atoms with Gasteiger partial charge in [0.15, 0.2) is 0 Å².